The van der Waals surface area contributed by atoms with E-state index >= 15 is 0 Å². The lowest BCUT2D eigenvalue weighted by Gasteiger charge is -2.07. The smallest absolute Gasteiger partial charge is 0.312 e. The predicted octanol–water partition coefficient (Wildman–Crippen LogP) is 2.48. The molecule has 5 nitrogen and oxygen atoms in total. The number of rotatable bonds is 3. The quantitative estimate of drug-likeness (QED) is 0.596. The summed E-state index contributed by atoms with van der Waals surface area (Å²) in [7, 11) is 0. The van der Waals surface area contributed by atoms with Gasteiger partial charge in [-0.3, -0.25) is 4.57 Å². The minimum Gasteiger partial charge on any atom is -0.312 e. The van der Waals surface area contributed by atoms with Gasteiger partial charge in [0.05, 0.1) is 17.1 Å². The number of aromatic amines is 1. The van der Waals surface area contributed by atoms with E-state index in [1.807, 2.05) is 6.26 Å². The van der Waals surface area contributed by atoms with Gasteiger partial charge in [0.1, 0.15) is 5.82 Å². The molecule has 1 aromatic carbocycles. The van der Waals surface area contributed by atoms with Crippen molar-refractivity contribution in [3.05, 3.63) is 59.0 Å². The fourth-order valence-electron chi connectivity index (χ4n) is 1.99. The molecule has 2 aromatic heterocycles. The van der Waals surface area contributed by atoms with E-state index in [2.05, 4.69) is 15.0 Å². The molecular formula is C14H11FN4OS. The Bertz CT molecular complexity index is 825. The van der Waals surface area contributed by atoms with E-state index in [1.165, 1.54) is 28.5 Å². The van der Waals surface area contributed by atoms with Gasteiger partial charge in [-0.25, -0.2) is 19.2 Å². The summed E-state index contributed by atoms with van der Waals surface area (Å²) < 4.78 is 14.5. The van der Waals surface area contributed by atoms with Crippen LogP contribution in [0.2, 0.25) is 0 Å². The SMILES string of the molecule is CSc1nccc(-c2c[nH]c(=O)n2-c2ccc(F)cc2)n1. The van der Waals surface area contributed by atoms with Crippen molar-refractivity contribution in [2.24, 2.45) is 0 Å². The van der Waals surface area contributed by atoms with Gasteiger partial charge in [-0.2, -0.15) is 0 Å². The second-order valence-electron chi connectivity index (χ2n) is 4.22. The van der Waals surface area contributed by atoms with Crippen LogP contribution in [0.25, 0.3) is 17.1 Å². The van der Waals surface area contributed by atoms with E-state index in [4.69, 9.17) is 0 Å². The van der Waals surface area contributed by atoms with Crippen LogP contribution < -0.4 is 5.69 Å². The molecule has 106 valence electrons. The van der Waals surface area contributed by atoms with Crippen LogP contribution in [0.1, 0.15) is 0 Å². The van der Waals surface area contributed by atoms with Crippen LogP contribution in [0.4, 0.5) is 4.39 Å². The van der Waals surface area contributed by atoms with Crippen molar-refractivity contribution < 1.29 is 4.39 Å². The summed E-state index contributed by atoms with van der Waals surface area (Å²) in [4.78, 5) is 23.1. The lowest BCUT2D eigenvalue weighted by atomic mass is 10.2. The molecule has 0 spiro atoms. The monoisotopic (exact) mass is 302 g/mol. The van der Waals surface area contributed by atoms with Crippen LogP contribution in [0, 0.1) is 5.82 Å². The molecule has 0 fully saturated rings. The molecule has 0 bridgehead atoms. The van der Waals surface area contributed by atoms with Crippen molar-refractivity contribution in [1.29, 1.82) is 0 Å². The standard InChI is InChI=1S/C14H11FN4OS/c1-21-13-16-7-6-11(18-13)12-8-17-14(20)19(12)10-4-2-9(15)3-5-10/h2-8H,1H3,(H,17,20). The number of halogens is 1. The largest absolute Gasteiger partial charge is 0.330 e. The van der Waals surface area contributed by atoms with E-state index in [0.717, 1.165) is 0 Å². The van der Waals surface area contributed by atoms with Gasteiger partial charge in [0, 0.05) is 12.4 Å². The minimum absolute atomic E-state index is 0.305. The molecule has 1 N–H and O–H groups in total. The van der Waals surface area contributed by atoms with Crippen molar-refractivity contribution >= 4 is 11.8 Å². The van der Waals surface area contributed by atoms with E-state index in [1.54, 1.807) is 30.6 Å². The summed E-state index contributed by atoms with van der Waals surface area (Å²) in [6.45, 7) is 0. The maximum absolute atomic E-state index is 13.0. The number of nitrogens with zero attached hydrogens (tertiary/aromatic N) is 3. The van der Waals surface area contributed by atoms with Crippen molar-refractivity contribution in [1.82, 2.24) is 19.5 Å². The maximum atomic E-state index is 13.0. The van der Waals surface area contributed by atoms with Gasteiger partial charge >= 0.3 is 5.69 Å². The third-order valence-electron chi connectivity index (χ3n) is 2.94. The number of thioether (sulfide) groups is 1. The molecule has 0 aliphatic carbocycles. The number of hydrogen-bond donors (Lipinski definition) is 1. The van der Waals surface area contributed by atoms with Gasteiger partial charge in [0.25, 0.3) is 0 Å². The van der Waals surface area contributed by atoms with Gasteiger partial charge in [0.2, 0.25) is 0 Å². The molecule has 0 aliphatic heterocycles. The highest BCUT2D eigenvalue weighted by molar-refractivity contribution is 7.98. The van der Waals surface area contributed by atoms with Gasteiger partial charge in [0.15, 0.2) is 5.16 Å². The Morgan fingerprint density at radius 2 is 2.00 bits per heavy atom. The Hall–Kier alpha value is -2.41. The Morgan fingerprint density at radius 3 is 2.71 bits per heavy atom. The topological polar surface area (TPSA) is 63.6 Å². The van der Waals surface area contributed by atoms with Gasteiger partial charge in [-0.15, -0.1) is 0 Å². The highest BCUT2D eigenvalue weighted by Crippen LogP contribution is 2.20. The van der Waals surface area contributed by atoms with E-state index < -0.39 is 0 Å². The first-order chi connectivity index (χ1) is 10.2. The third kappa shape index (κ3) is 2.59. The predicted molar refractivity (Wildman–Crippen MR) is 79.2 cm³/mol. The van der Waals surface area contributed by atoms with Crippen molar-refractivity contribution in [2.45, 2.75) is 5.16 Å². The normalized spacial score (nSPS) is 10.8. The molecule has 21 heavy (non-hydrogen) atoms. The summed E-state index contributed by atoms with van der Waals surface area (Å²) in [5.74, 6) is -0.351. The summed E-state index contributed by atoms with van der Waals surface area (Å²) in [6, 6.07) is 7.44. The first-order valence-electron chi connectivity index (χ1n) is 6.13. The van der Waals surface area contributed by atoms with Gasteiger partial charge in [-0.05, 0) is 36.6 Å². The number of benzene rings is 1. The Labute approximate surface area is 123 Å². The number of H-pyrrole nitrogens is 1. The fourth-order valence-corrected chi connectivity index (χ4v) is 2.34. The van der Waals surface area contributed by atoms with Crippen LogP contribution in [-0.4, -0.2) is 25.8 Å². The summed E-state index contributed by atoms with van der Waals surface area (Å²) >= 11 is 1.42. The number of nitrogens with one attached hydrogen (secondary N) is 1. The summed E-state index contributed by atoms with van der Waals surface area (Å²) in [5, 5.41) is 0.617. The molecule has 3 aromatic rings. The van der Waals surface area contributed by atoms with E-state index in [9.17, 15) is 9.18 Å². The summed E-state index contributed by atoms with van der Waals surface area (Å²) in [6.07, 6.45) is 5.10. The van der Waals surface area contributed by atoms with Crippen molar-refractivity contribution in [3.8, 4) is 17.1 Å². The number of imidazole rings is 1. The van der Waals surface area contributed by atoms with Gasteiger partial charge in [-0.1, -0.05) is 11.8 Å². The summed E-state index contributed by atoms with van der Waals surface area (Å²) in [5.41, 5.74) is 1.49. The molecule has 2 heterocycles. The Balaban J connectivity index is 2.16. The zero-order valence-electron chi connectivity index (χ0n) is 11.1. The van der Waals surface area contributed by atoms with Crippen molar-refractivity contribution in [2.75, 3.05) is 6.26 Å². The minimum atomic E-state index is -0.351. The first kappa shape index (κ1) is 13.6. The zero-order valence-corrected chi connectivity index (χ0v) is 11.9. The molecule has 0 aliphatic rings. The highest BCUT2D eigenvalue weighted by atomic mass is 32.2. The van der Waals surface area contributed by atoms with E-state index in [-0.39, 0.29) is 11.5 Å². The molecule has 0 radical (unpaired) electrons. The lowest BCUT2D eigenvalue weighted by Crippen LogP contribution is -2.15. The third-order valence-corrected chi connectivity index (χ3v) is 3.50. The zero-order chi connectivity index (χ0) is 14.8. The number of hydrogen-bond acceptors (Lipinski definition) is 4. The first-order valence-corrected chi connectivity index (χ1v) is 7.35. The Morgan fingerprint density at radius 1 is 1.24 bits per heavy atom. The van der Waals surface area contributed by atoms with Crippen LogP contribution in [0.15, 0.2) is 52.7 Å². The van der Waals surface area contributed by atoms with Crippen LogP contribution in [0.5, 0.6) is 0 Å². The highest BCUT2D eigenvalue weighted by Gasteiger charge is 2.12. The van der Waals surface area contributed by atoms with E-state index in [0.29, 0.717) is 22.2 Å². The molecule has 7 heteroatoms. The Kier molecular flexibility index (Phi) is 3.57. The van der Waals surface area contributed by atoms with Gasteiger partial charge < -0.3 is 4.98 Å². The van der Waals surface area contributed by atoms with Crippen molar-refractivity contribution in [3.63, 3.8) is 0 Å². The lowest BCUT2D eigenvalue weighted by molar-refractivity contribution is 0.627. The molecule has 3 rings (SSSR count). The molecule has 0 unspecified atom stereocenters. The molecule has 0 saturated heterocycles. The average Bonchev–Trinajstić information content (AvgIpc) is 2.90. The molecule has 0 amide bonds. The average molecular weight is 302 g/mol. The van der Waals surface area contributed by atoms with Crippen LogP contribution >= 0.6 is 11.8 Å². The number of aromatic nitrogens is 4. The fraction of sp³-hybridized carbons (Fsp3) is 0.0714. The molecular weight excluding hydrogens is 291 g/mol. The second kappa shape index (κ2) is 5.53. The molecule has 0 saturated carbocycles. The van der Waals surface area contributed by atoms with Crippen LogP contribution in [0.3, 0.4) is 0 Å². The second-order valence-corrected chi connectivity index (χ2v) is 4.99. The van der Waals surface area contributed by atoms with Crippen LogP contribution in [-0.2, 0) is 0 Å². The maximum Gasteiger partial charge on any atom is 0.330 e. The molecule has 0 atom stereocenters.